The normalized spacial score (nSPS) is 21.8. The summed E-state index contributed by atoms with van der Waals surface area (Å²) >= 11 is 6.07. The van der Waals surface area contributed by atoms with Crippen LogP contribution in [-0.4, -0.2) is 30.4 Å². The molecule has 0 bridgehead atoms. The molecule has 0 radical (unpaired) electrons. The lowest BCUT2D eigenvalue weighted by Gasteiger charge is -2.34. The first-order valence-corrected chi connectivity index (χ1v) is 7.79. The summed E-state index contributed by atoms with van der Waals surface area (Å²) in [6.07, 6.45) is 3.97. The van der Waals surface area contributed by atoms with Gasteiger partial charge in [-0.1, -0.05) is 23.7 Å². The van der Waals surface area contributed by atoms with Crippen molar-refractivity contribution >= 4 is 17.5 Å². The van der Waals surface area contributed by atoms with Gasteiger partial charge in [0.15, 0.2) is 0 Å². The molecule has 0 spiro atoms. The topological polar surface area (TPSA) is 46.3 Å². The predicted molar refractivity (Wildman–Crippen MR) is 80.7 cm³/mol. The molecule has 108 valence electrons. The molecule has 2 N–H and O–H groups in total. The van der Waals surface area contributed by atoms with Gasteiger partial charge in [-0.15, -0.1) is 0 Å². The Bertz CT molecular complexity index is 505. The number of piperidine rings is 1. The molecule has 2 aliphatic rings. The Labute approximate surface area is 125 Å². The Morgan fingerprint density at radius 3 is 2.60 bits per heavy atom. The molecule has 1 amide bonds. The van der Waals surface area contributed by atoms with Gasteiger partial charge in [0.05, 0.1) is 5.41 Å². The number of hydrogen-bond donors (Lipinski definition) is 1. The Kier molecular flexibility index (Phi) is 3.74. The predicted octanol–water partition coefficient (Wildman–Crippen LogP) is 2.57. The van der Waals surface area contributed by atoms with Crippen LogP contribution in [0.3, 0.4) is 0 Å². The molecule has 1 aliphatic heterocycles. The summed E-state index contributed by atoms with van der Waals surface area (Å²) in [5.41, 5.74) is 6.50. The fraction of sp³-hybridized carbons (Fsp3) is 0.562. The van der Waals surface area contributed by atoms with Crippen LogP contribution in [0.5, 0.6) is 0 Å². The number of nitrogens with zero attached hydrogens (tertiary/aromatic N) is 1. The van der Waals surface area contributed by atoms with E-state index in [1.165, 1.54) is 0 Å². The van der Waals surface area contributed by atoms with Crippen molar-refractivity contribution in [3.8, 4) is 0 Å². The van der Waals surface area contributed by atoms with Gasteiger partial charge in [0.25, 0.3) is 0 Å². The minimum atomic E-state index is -0.291. The zero-order chi connectivity index (χ0) is 14.2. The molecule has 3 nitrogen and oxygen atoms in total. The second kappa shape index (κ2) is 5.38. The molecule has 3 rings (SSSR count). The van der Waals surface area contributed by atoms with E-state index in [9.17, 15) is 4.79 Å². The van der Waals surface area contributed by atoms with Gasteiger partial charge in [-0.3, -0.25) is 4.79 Å². The summed E-state index contributed by atoms with van der Waals surface area (Å²) in [4.78, 5) is 14.9. The van der Waals surface area contributed by atoms with Crippen LogP contribution >= 0.6 is 11.6 Å². The van der Waals surface area contributed by atoms with E-state index >= 15 is 0 Å². The van der Waals surface area contributed by atoms with Crippen LogP contribution in [0.2, 0.25) is 5.02 Å². The lowest BCUT2D eigenvalue weighted by molar-refractivity contribution is -0.135. The Morgan fingerprint density at radius 2 is 2.05 bits per heavy atom. The minimum Gasteiger partial charge on any atom is -0.342 e. The van der Waals surface area contributed by atoms with Gasteiger partial charge in [0, 0.05) is 18.1 Å². The fourth-order valence-corrected chi connectivity index (χ4v) is 3.40. The molecule has 4 heteroatoms. The Morgan fingerprint density at radius 1 is 1.35 bits per heavy atom. The van der Waals surface area contributed by atoms with Gasteiger partial charge >= 0.3 is 0 Å². The average Bonchev–Trinajstić information content (AvgIpc) is 3.28. The molecule has 0 aromatic heterocycles. The highest BCUT2D eigenvalue weighted by Gasteiger charge is 2.53. The third kappa shape index (κ3) is 2.45. The molecule has 1 aliphatic carbocycles. The van der Waals surface area contributed by atoms with Crippen LogP contribution in [0, 0.1) is 5.92 Å². The molecule has 1 heterocycles. The zero-order valence-electron chi connectivity index (χ0n) is 11.6. The van der Waals surface area contributed by atoms with E-state index in [4.69, 9.17) is 17.3 Å². The molecule has 1 aromatic rings. The monoisotopic (exact) mass is 292 g/mol. The quantitative estimate of drug-likeness (QED) is 0.931. The van der Waals surface area contributed by atoms with Gasteiger partial charge in [-0.05, 0) is 55.8 Å². The third-order valence-electron chi connectivity index (χ3n) is 4.77. The maximum Gasteiger partial charge on any atom is 0.233 e. The van der Waals surface area contributed by atoms with Crippen LogP contribution in [0.15, 0.2) is 24.3 Å². The van der Waals surface area contributed by atoms with Crippen molar-refractivity contribution < 1.29 is 4.79 Å². The standard InChI is InChI=1S/C16H21ClN2O/c17-14-3-1-2-13(10-14)16(6-7-16)15(20)19-8-4-12(11-18)5-9-19/h1-3,10,12H,4-9,11,18H2. The number of likely N-dealkylation sites (tertiary alicyclic amines) is 1. The highest BCUT2D eigenvalue weighted by Crippen LogP contribution is 2.50. The lowest BCUT2D eigenvalue weighted by atomic mass is 9.91. The van der Waals surface area contributed by atoms with E-state index in [2.05, 4.69) is 0 Å². The van der Waals surface area contributed by atoms with Gasteiger partial charge in [0.1, 0.15) is 0 Å². The Balaban J connectivity index is 1.74. The molecule has 1 saturated carbocycles. The summed E-state index contributed by atoms with van der Waals surface area (Å²) in [6, 6.07) is 7.77. The van der Waals surface area contributed by atoms with E-state index < -0.39 is 0 Å². The first-order valence-electron chi connectivity index (χ1n) is 7.41. The lowest BCUT2D eigenvalue weighted by Crippen LogP contribution is -2.45. The SMILES string of the molecule is NCC1CCN(C(=O)C2(c3cccc(Cl)c3)CC2)CC1. The smallest absolute Gasteiger partial charge is 0.233 e. The maximum absolute atomic E-state index is 12.8. The Hall–Kier alpha value is -1.06. The summed E-state index contributed by atoms with van der Waals surface area (Å²) in [6.45, 7) is 2.44. The van der Waals surface area contributed by atoms with Crippen molar-refractivity contribution in [2.75, 3.05) is 19.6 Å². The molecule has 20 heavy (non-hydrogen) atoms. The van der Waals surface area contributed by atoms with E-state index in [0.717, 1.165) is 50.9 Å². The number of carbonyl (C=O) groups excluding carboxylic acids is 1. The number of carbonyl (C=O) groups is 1. The number of amides is 1. The first kappa shape index (κ1) is 13.9. The van der Waals surface area contributed by atoms with E-state index in [1.54, 1.807) is 0 Å². The van der Waals surface area contributed by atoms with Crippen LogP contribution in [0.25, 0.3) is 0 Å². The second-order valence-electron chi connectivity index (χ2n) is 6.06. The summed E-state index contributed by atoms with van der Waals surface area (Å²) in [5.74, 6) is 0.871. The maximum atomic E-state index is 12.8. The highest BCUT2D eigenvalue weighted by atomic mass is 35.5. The number of nitrogens with two attached hydrogens (primary N) is 1. The van der Waals surface area contributed by atoms with Gasteiger partial charge < -0.3 is 10.6 Å². The second-order valence-corrected chi connectivity index (χ2v) is 6.50. The molecule has 1 saturated heterocycles. The van der Waals surface area contributed by atoms with Crippen LogP contribution in [0.1, 0.15) is 31.2 Å². The number of halogens is 1. The van der Waals surface area contributed by atoms with Gasteiger partial charge in [-0.25, -0.2) is 0 Å². The van der Waals surface area contributed by atoms with Crippen molar-refractivity contribution in [1.82, 2.24) is 4.90 Å². The number of rotatable bonds is 3. The van der Waals surface area contributed by atoms with Gasteiger partial charge in [-0.2, -0.15) is 0 Å². The first-order chi connectivity index (χ1) is 9.65. The van der Waals surface area contributed by atoms with E-state index in [1.807, 2.05) is 29.2 Å². The van der Waals surface area contributed by atoms with Crippen molar-refractivity contribution in [3.05, 3.63) is 34.9 Å². The van der Waals surface area contributed by atoms with E-state index in [0.29, 0.717) is 10.9 Å². The zero-order valence-corrected chi connectivity index (χ0v) is 12.4. The number of benzene rings is 1. The fourth-order valence-electron chi connectivity index (χ4n) is 3.21. The third-order valence-corrected chi connectivity index (χ3v) is 5.01. The van der Waals surface area contributed by atoms with Crippen molar-refractivity contribution in [1.29, 1.82) is 0 Å². The number of hydrogen-bond acceptors (Lipinski definition) is 2. The molecular formula is C16H21ClN2O. The summed E-state index contributed by atoms with van der Waals surface area (Å²) in [5, 5.41) is 0.711. The molecule has 0 unspecified atom stereocenters. The molecular weight excluding hydrogens is 272 g/mol. The van der Waals surface area contributed by atoms with Crippen LogP contribution in [-0.2, 0) is 10.2 Å². The van der Waals surface area contributed by atoms with Crippen LogP contribution < -0.4 is 5.73 Å². The largest absolute Gasteiger partial charge is 0.342 e. The van der Waals surface area contributed by atoms with Crippen LogP contribution in [0.4, 0.5) is 0 Å². The minimum absolute atomic E-state index is 0.287. The van der Waals surface area contributed by atoms with Crippen molar-refractivity contribution in [2.45, 2.75) is 31.1 Å². The van der Waals surface area contributed by atoms with E-state index in [-0.39, 0.29) is 11.3 Å². The van der Waals surface area contributed by atoms with Crippen molar-refractivity contribution in [3.63, 3.8) is 0 Å². The highest BCUT2D eigenvalue weighted by molar-refractivity contribution is 6.30. The summed E-state index contributed by atoms with van der Waals surface area (Å²) < 4.78 is 0. The summed E-state index contributed by atoms with van der Waals surface area (Å²) in [7, 11) is 0. The molecule has 2 fully saturated rings. The van der Waals surface area contributed by atoms with Crippen molar-refractivity contribution in [2.24, 2.45) is 11.7 Å². The van der Waals surface area contributed by atoms with Gasteiger partial charge in [0.2, 0.25) is 5.91 Å². The average molecular weight is 293 g/mol. The molecule has 1 aromatic carbocycles. The molecule has 0 atom stereocenters.